The van der Waals surface area contributed by atoms with Crippen LogP contribution in [0.3, 0.4) is 0 Å². The monoisotopic (exact) mass is 546 g/mol. The van der Waals surface area contributed by atoms with Crippen molar-refractivity contribution >= 4 is 11.5 Å². The number of aryl methyl sites for hydroxylation is 1. The number of nitrogens with zero attached hydrogens (tertiary/aromatic N) is 4. The lowest BCUT2D eigenvalue weighted by Gasteiger charge is -2.34. The molecule has 0 radical (unpaired) electrons. The van der Waals surface area contributed by atoms with E-state index in [4.69, 9.17) is 9.47 Å². The summed E-state index contributed by atoms with van der Waals surface area (Å²) in [5.41, 5.74) is 1.46. The zero-order valence-corrected chi connectivity index (χ0v) is 21.4. The molecule has 1 aromatic heterocycles. The predicted octanol–water partition coefficient (Wildman–Crippen LogP) is 5.77. The summed E-state index contributed by atoms with van der Waals surface area (Å²) in [6, 6.07) is 14.3. The van der Waals surface area contributed by atoms with E-state index in [1.165, 1.54) is 18.3 Å². The van der Waals surface area contributed by atoms with Gasteiger partial charge in [-0.25, -0.2) is 0 Å². The van der Waals surface area contributed by atoms with Gasteiger partial charge in [0.15, 0.2) is 5.60 Å². The van der Waals surface area contributed by atoms with Crippen LogP contribution in [0, 0.1) is 16.0 Å². The van der Waals surface area contributed by atoms with Gasteiger partial charge in [0.05, 0.1) is 6.54 Å². The number of benzene rings is 2. The number of rotatable bonds is 9. The molecule has 0 unspecified atom stereocenters. The Balaban J connectivity index is 1.04. The van der Waals surface area contributed by atoms with E-state index >= 15 is 0 Å². The molecule has 9 nitrogen and oxygen atoms in total. The Morgan fingerprint density at radius 3 is 2.38 bits per heavy atom. The zero-order valence-electron chi connectivity index (χ0n) is 21.4. The van der Waals surface area contributed by atoms with Gasteiger partial charge < -0.3 is 29.2 Å². The van der Waals surface area contributed by atoms with Crippen LogP contribution >= 0.6 is 0 Å². The third-order valence-electron chi connectivity index (χ3n) is 7.12. The van der Waals surface area contributed by atoms with E-state index in [-0.39, 0.29) is 24.2 Å². The van der Waals surface area contributed by atoms with E-state index < -0.39 is 16.9 Å². The van der Waals surface area contributed by atoms with Gasteiger partial charge in [0.2, 0.25) is 0 Å². The van der Waals surface area contributed by atoms with Crippen molar-refractivity contribution in [2.24, 2.45) is 5.92 Å². The molecule has 39 heavy (non-hydrogen) atoms. The number of hydrogen-bond donors (Lipinski definition) is 0. The maximum absolute atomic E-state index is 12.3. The highest BCUT2D eigenvalue weighted by Gasteiger charge is 2.41. The largest absolute Gasteiger partial charge is 0.573 e. The molecule has 1 fully saturated rings. The zero-order chi connectivity index (χ0) is 27.6. The van der Waals surface area contributed by atoms with Crippen LogP contribution in [0.5, 0.6) is 17.5 Å². The molecule has 0 saturated carbocycles. The summed E-state index contributed by atoms with van der Waals surface area (Å²) in [6.07, 6.45) is 0.614. The van der Waals surface area contributed by atoms with Crippen molar-refractivity contribution in [3.63, 3.8) is 0 Å². The van der Waals surface area contributed by atoms with Crippen molar-refractivity contribution in [3.8, 4) is 17.5 Å². The number of anilines is 1. The van der Waals surface area contributed by atoms with Crippen LogP contribution in [0.15, 0.2) is 54.7 Å². The van der Waals surface area contributed by atoms with Crippen molar-refractivity contribution in [2.45, 2.75) is 51.1 Å². The van der Waals surface area contributed by atoms with Crippen molar-refractivity contribution in [2.75, 3.05) is 24.6 Å². The van der Waals surface area contributed by atoms with E-state index in [2.05, 4.69) is 14.6 Å². The standard InChI is InChI=1S/C27H29F3N4O5/c1-26(17-33-16-24(34(35)36)31-25(33)39-26)18-37-22-10-6-21(7-11-22)32-14-12-20(13-15-32)3-2-19-4-8-23(9-5-19)38-27(28,29)30/h4-11,16,20H,2-3,12-15,17-18H2,1H3/t26-/m0/s1. The van der Waals surface area contributed by atoms with Gasteiger partial charge in [0.25, 0.3) is 0 Å². The van der Waals surface area contributed by atoms with Crippen molar-refractivity contribution in [1.82, 2.24) is 9.55 Å². The fourth-order valence-electron chi connectivity index (χ4n) is 5.05. The van der Waals surface area contributed by atoms with Gasteiger partial charge in [-0.2, -0.15) is 0 Å². The van der Waals surface area contributed by atoms with Crippen LogP contribution in [-0.4, -0.2) is 46.1 Å². The Kier molecular flexibility index (Phi) is 7.28. The molecule has 3 aromatic rings. The first-order valence-corrected chi connectivity index (χ1v) is 12.8. The quantitative estimate of drug-likeness (QED) is 0.249. The molecule has 3 heterocycles. The number of alkyl halides is 3. The Bertz CT molecular complexity index is 1260. The molecule has 0 spiro atoms. The van der Waals surface area contributed by atoms with Crippen LogP contribution < -0.4 is 19.1 Å². The number of piperidine rings is 1. The van der Waals surface area contributed by atoms with Crippen LogP contribution in [0.4, 0.5) is 24.7 Å². The molecule has 208 valence electrons. The van der Waals surface area contributed by atoms with Gasteiger partial charge in [-0.15, -0.1) is 13.2 Å². The van der Waals surface area contributed by atoms with Gasteiger partial charge in [-0.05, 0) is 85.4 Å². The van der Waals surface area contributed by atoms with Crippen molar-refractivity contribution in [3.05, 3.63) is 70.4 Å². The van der Waals surface area contributed by atoms with Gasteiger partial charge >= 0.3 is 18.2 Å². The van der Waals surface area contributed by atoms with Crippen LogP contribution in [0.2, 0.25) is 0 Å². The molecule has 12 heteroatoms. The van der Waals surface area contributed by atoms with E-state index in [1.54, 1.807) is 16.7 Å². The minimum atomic E-state index is -4.67. The van der Waals surface area contributed by atoms with E-state index in [9.17, 15) is 23.3 Å². The highest BCUT2D eigenvalue weighted by molar-refractivity contribution is 5.49. The van der Waals surface area contributed by atoms with E-state index in [1.807, 2.05) is 31.2 Å². The summed E-state index contributed by atoms with van der Waals surface area (Å²) in [5, 5.41) is 10.9. The van der Waals surface area contributed by atoms with E-state index in [0.717, 1.165) is 50.0 Å². The second-order valence-electron chi connectivity index (χ2n) is 10.3. The highest BCUT2D eigenvalue weighted by Crippen LogP contribution is 2.32. The average Bonchev–Trinajstić information content (AvgIpc) is 3.43. The van der Waals surface area contributed by atoms with Gasteiger partial charge in [0, 0.05) is 23.8 Å². The lowest BCUT2D eigenvalue weighted by Crippen LogP contribution is -2.38. The summed E-state index contributed by atoms with van der Waals surface area (Å²) >= 11 is 0. The minimum absolute atomic E-state index is 0.196. The molecule has 0 amide bonds. The molecule has 0 aliphatic carbocycles. The third kappa shape index (κ3) is 6.73. The number of hydrogen-bond acceptors (Lipinski definition) is 7. The number of fused-ring (bicyclic) bond motifs is 1. The van der Waals surface area contributed by atoms with Crippen LogP contribution in [0.1, 0.15) is 31.7 Å². The number of ether oxygens (including phenoxy) is 3. The van der Waals surface area contributed by atoms with Gasteiger partial charge in [-0.3, -0.25) is 4.57 Å². The molecule has 5 rings (SSSR count). The SMILES string of the molecule is C[C@@]1(COc2ccc(N3CCC(CCc4ccc(OC(F)(F)F)cc4)CC3)cc2)Cn2cc([N+](=O)[O-])nc2O1. The topological polar surface area (TPSA) is 91.9 Å². The molecule has 0 N–H and O–H groups in total. The predicted molar refractivity (Wildman–Crippen MR) is 136 cm³/mol. The summed E-state index contributed by atoms with van der Waals surface area (Å²) in [4.78, 5) is 16.6. The summed E-state index contributed by atoms with van der Waals surface area (Å²) < 4.78 is 54.3. The summed E-state index contributed by atoms with van der Waals surface area (Å²) in [5.74, 6) is 0.845. The average molecular weight is 547 g/mol. The van der Waals surface area contributed by atoms with Gasteiger partial charge in [0.1, 0.15) is 24.3 Å². The molecular weight excluding hydrogens is 517 g/mol. The van der Waals surface area contributed by atoms with E-state index in [0.29, 0.717) is 18.2 Å². The number of nitro groups is 1. The third-order valence-corrected chi connectivity index (χ3v) is 7.12. The number of aromatic nitrogens is 2. The van der Waals surface area contributed by atoms with Gasteiger partial charge in [-0.1, -0.05) is 12.1 Å². The molecule has 1 saturated heterocycles. The normalized spacial score (nSPS) is 19.4. The first kappa shape index (κ1) is 26.6. The molecule has 2 aromatic carbocycles. The Morgan fingerprint density at radius 2 is 1.77 bits per heavy atom. The highest BCUT2D eigenvalue weighted by atomic mass is 19.4. The van der Waals surface area contributed by atoms with Crippen LogP contribution in [-0.2, 0) is 13.0 Å². The maximum Gasteiger partial charge on any atom is 0.573 e. The second kappa shape index (κ2) is 10.7. The fraction of sp³-hybridized carbons (Fsp3) is 0.444. The molecule has 0 bridgehead atoms. The molecule has 1 atom stereocenters. The summed E-state index contributed by atoms with van der Waals surface area (Å²) in [6.45, 7) is 4.43. The molecule has 2 aliphatic rings. The van der Waals surface area contributed by atoms with Crippen molar-refractivity contribution < 1.29 is 32.3 Å². The second-order valence-corrected chi connectivity index (χ2v) is 10.3. The molecule has 2 aliphatic heterocycles. The first-order valence-electron chi connectivity index (χ1n) is 12.8. The smallest absolute Gasteiger partial charge is 0.489 e. The Morgan fingerprint density at radius 1 is 1.10 bits per heavy atom. The van der Waals surface area contributed by atoms with Crippen molar-refractivity contribution in [1.29, 1.82) is 0 Å². The summed E-state index contributed by atoms with van der Waals surface area (Å²) in [7, 11) is 0. The lowest BCUT2D eigenvalue weighted by atomic mass is 9.90. The maximum atomic E-state index is 12.3. The first-order chi connectivity index (χ1) is 18.6. The number of imidazole rings is 1. The lowest BCUT2D eigenvalue weighted by molar-refractivity contribution is -0.389. The minimum Gasteiger partial charge on any atom is -0.489 e. The van der Waals surface area contributed by atoms with Crippen LogP contribution in [0.25, 0.3) is 0 Å². The number of halogens is 3. The Labute approximate surface area is 223 Å². The Hall–Kier alpha value is -3.96. The fourth-order valence-corrected chi connectivity index (χ4v) is 5.05. The molecular formula is C27H29F3N4O5.